The van der Waals surface area contributed by atoms with Crippen molar-refractivity contribution in [2.45, 2.75) is 6.54 Å². The van der Waals surface area contributed by atoms with E-state index >= 15 is 0 Å². The zero-order valence-corrected chi connectivity index (χ0v) is 19.2. The SMILES string of the molecule is COc1ccc(CNC(=O)/C(C#N)=C/c2ccc(-c3ccc([N+](=O)[O-])cc3Br)o2)c(OC)c1. The molecule has 0 aliphatic carbocycles. The third-order valence-electron chi connectivity index (χ3n) is 4.64. The highest BCUT2D eigenvalue weighted by molar-refractivity contribution is 9.10. The zero-order chi connectivity index (χ0) is 24.0. The molecular weight excluding hydrogens is 494 g/mol. The Morgan fingerprint density at radius 3 is 2.64 bits per heavy atom. The summed E-state index contributed by atoms with van der Waals surface area (Å²) in [6, 6.07) is 14.6. The molecule has 0 saturated carbocycles. The van der Waals surface area contributed by atoms with E-state index < -0.39 is 10.8 Å². The van der Waals surface area contributed by atoms with E-state index in [1.54, 1.807) is 43.5 Å². The average molecular weight is 512 g/mol. The number of methoxy groups -OCH3 is 2. The Bertz CT molecular complexity index is 1280. The Labute approximate surface area is 197 Å². The van der Waals surface area contributed by atoms with Gasteiger partial charge < -0.3 is 19.2 Å². The Kier molecular flexibility index (Phi) is 7.48. The minimum atomic E-state index is -0.579. The number of nitro benzene ring substituents is 1. The molecule has 1 aromatic heterocycles. The van der Waals surface area contributed by atoms with Gasteiger partial charge in [-0.15, -0.1) is 0 Å². The maximum atomic E-state index is 12.5. The molecule has 0 bridgehead atoms. The predicted molar refractivity (Wildman–Crippen MR) is 123 cm³/mol. The number of benzene rings is 2. The van der Waals surface area contributed by atoms with Crippen LogP contribution < -0.4 is 14.8 Å². The molecule has 0 radical (unpaired) electrons. The Hall–Kier alpha value is -4.10. The largest absolute Gasteiger partial charge is 0.497 e. The number of halogens is 1. The lowest BCUT2D eigenvalue weighted by Gasteiger charge is -2.11. The molecule has 9 nitrogen and oxygen atoms in total. The van der Waals surface area contributed by atoms with E-state index in [4.69, 9.17) is 13.9 Å². The number of hydrogen-bond donors (Lipinski definition) is 1. The van der Waals surface area contributed by atoms with Crippen LogP contribution in [0.1, 0.15) is 11.3 Å². The van der Waals surface area contributed by atoms with Crippen LogP contribution in [-0.2, 0) is 11.3 Å². The number of nitrogens with zero attached hydrogens (tertiary/aromatic N) is 2. The van der Waals surface area contributed by atoms with Crippen LogP contribution in [0, 0.1) is 21.4 Å². The van der Waals surface area contributed by atoms with Gasteiger partial charge in [0.05, 0.1) is 19.1 Å². The van der Waals surface area contributed by atoms with Crippen molar-refractivity contribution in [3.8, 4) is 28.9 Å². The van der Waals surface area contributed by atoms with Gasteiger partial charge in [0.1, 0.15) is 34.7 Å². The number of non-ortho nitro benzene ring substituents is 1. The summed E-state index contributed by atoms with van der Waals surface area (Å²) in [6.07, 6.45) is 1.32. The van der Waals surface area contributed by atoms with Crippen LogP contribution in [-0.4, -0.2) is 25.1 Å². The molecule has 0 unspecified atom stereocenters. The lowest BCUT2D eigenvalue weighted by atomic mass is 10.1. The lowest BCUT2D eigenvalue weighted by Crippen LogP contribution is -2.24. The summed E-state index contributed by atoms with van der Waals surface area (Å²) >= 11 is 3.30. The fourth-order valence-electron chi connectivity index (χ4n) is 2.95. The van der Waals surface area contributed by atoms with Crippen molar-refractivity contribution in [3.63, 3.8) is 0 Å². The first-order valence-corrected chi connectivity index (χ1v) is 10.3. The first-order valence-electron chi connectivity index (χ1n) is 9.51. The maximum Gasteiger partial charge on any atom is 0.270 e. The normalized spacial score (nSPS) is 10.9. The van der Waals surface area contributed by atoms with Crippen molar-refractivity contribution in [1.82, 2.24) is 5.32 Å². The smallest absolute Gasteiger partial charge is 0.270 e. The summed E-state index contributed by atoms with van der Waals surface area (Å²) in [6.45, 7) is 0.143. The fraction of sp³-hybridized carbons (Fsp3) is 0.130. The summed E-state index contributed by atoms with van der Waals surface area (Å²) < 4.78 is 16.7. The number of rotatable bonds is 8. The minimum absolute atomic E-state index is 0.0609. The minimum Gasteiger partial charge on any atom is -0.497 e. The van der Waals surface area contributed by atoms with Gasteiger partial charge in [-0.05, 0) is 46.3 Å². The number of hydrogen-bond acceptors (Lipinski definition) is 7. The molecule has 0 aliphatic heterocycles. The van der Waals surface area contributed by atoms with Crippen molar-refractivity contribution in [2.75, 3.05) is 14.2 Å². The number of ether oxygens (including phenoxy) is 2. The first kappa shape index (κ1) is 23.6. The number of furan rings is 1. The molecule has 168 valence electrons. The molecule has 0 atom stereocenters. The van der Waals surface area contributed by atoms with E-state index in [9.17, 15) is 20.2 Å². The van der Waals surface area contributed by atoms with E-state index in [-0.39, 0.29) is 23.6 Å². The highest BCUT2D eigenvalue weighted by Crippen LogP contribution is 2.33. The van der Waals surface area contributed by atoms with Crippen molar-refractivity contribution in [2.24, 2.45) is 0 Å². The number of carbonyl (C=O) groups excluding carboxylic acids is 1. The quantitative estimate of drug-likeness (QED) is 0.198. The summed E-state index contributed by atoms with van der Waals surface area (Å²) in [7, 11) is 3.05. The van der Waals surface area contributed by atoms with E-state index in [2.05, 4.69) is 21.2 Å². The van der Waals surface area contributed by atoms with Gasteiger partial charge in [-0.1, -0.05) is 0 Å². The summed E-state index contributed by atoms with van der Waals surface area (Å²) in [5.74, 6) is 1.28. The fourth-order valence-corrected chi connectivity index (χ4v) is 3.51. The molecule has 2 aromatic carbocycles. The van der Waals surface area contributed by atoms with Gasteiger partial charge >= 0.3 is 0 Å². The Morgan fingerprint density at radius 2 is 2.00 bits per heavy atom. The monoisotopic (exact) mass is 511 g/mol. The molecule has 10 heteroatoms. The van der Waals surface area contributed by atoms with Crippen LogP contribution in [0.3, 0.4) is 0 Å². The van der Waals surface area contributed by atoms with Crippen LogP contribution >= 0.6 is 15.9 Å². The standard InChI is InChI=1S/C23H18BrN3O6/c1-31-17-5-3-14(22(11-17)32-2)13-26-23(28)15(12-25)9-18-6-8-21(33-18)19-7-4-16(27(29)30)10-20(19)24/h3-11H,13H2,1-2H3,(H,26,28)/b15-9+. The van der Waals surface area contributed by atoms with E-state index in [1.807, 2.05) is 6.07 Å². The molecule has 3 aromatic rings. The second kappa shape index (κ2) is 10.5. The third-order valence-corrected chi connectivity index (χ3v) is 5.30. The molecule has 0 spiro atoms. The third kappa shape index (κ3) is 5.58. The molecule has 0 fully saturated rings. The maximum absolute atomic E-state index is 12.5. The van der Waals surface area contributed by atoms with Crippen LogP contribution in [0.25, 0.3) is 17.4 Å². The Balaban J connectivity index is 1.75. The van der Waals surface area contributed by atoms with Crippen LogP contribution in [0.5, 0.6) is 11.5 Å². The molecule has 0 saturated heterocycles. The van der Waals surface area contributed by atoms with Crippen molar-refractivity contribution < 1.29 is 23.6 Å². The molecule has 3 rings (SSSR count). The molecule has 0 aliphatic rings. The van der Waals surface area contributed by atoms with Gasteiger partial charge in [0.15, 0.2) is 0 Å². The molecule has 33 heavy (non-hydrogen) atoms. The van der Waals surface area contributed by atoms with Gasteiger partial charge in [0.2, 0.25) is 0 Å². The second-order valence-electron chi connectivity index (χ2n) is 6.65. The number of nitriles is 1. The molecular formula is C23H18BrN3O6. The molecule has 1 amide bonds. The predicted octanol–water partition coefficient (Wildman–Crippen LogP) is 4.86. The van der Waals surface area contributed by atoms with E-state index in [0.717, 1.165) is 0 Å². The highest BCUT2D eigenvalue weighted by atomic mass is 79.9. The first-order chi connectivity index (χ1) is 15.9. The van der Waals surface area contributed by atoms with Crippen LogP contribution in [0.2, 0.25) is 0 Å². The number of nitro groups is 1. The molecule has 1 N–H and O–H groups in total. The van der Waals surface area contributed by atoms with Crippen molar-refractivity contribution >= 4 is 33.6 Å². The molecule has 1 heterocycles. The van der Waals surface area contributed by atoms with E-state index in [0.29, 0.717) is 32.9 Å². The number of amides is 1. The Morgan fingerprint density at radius 1 is 1.21 bits per heavy atom. The summed E-state index contributed by atoms with van der Waals surface area (Å²) in [5, 5.41) is 23.0. The van der Waals surface area contributed by atoms with Gasteiger partial charge in [-0.3, -0.25) is 14.9 Å². The van der Waals surface area contributed by atoms with Gasteiger partial charge in [0, 0.05) is 46.4 Å². The van der Waals surface area contributed by atoms with Gasteiger partial charge in [-0.25, -0.2) is 0 Å². The number of nitrogens with one attached hydrogen (secondary N) is 1. The van der Waals surface area contributed by atoms with Crippen molar-refractivity contribution in [1.29, 1.82) is 5.26 Å². The van der Waals surface area contributed by atoms with Crippen molar-refractivity contribution in [3.05, 3.63) is 80.0 Å². The van der Waals surface area contributed by atoms with Gasteiger partial charge in [-0.2, -0.15) is 5.26 Å². The van der Waals surface area contributed by atoms with Crippen LogP contribution in [0.4, 0.5) is 5.69 Å². The summed E-state index contributed by atoms with van der Waals surface area (Å²) in [4.78, 5) is 22.9. The zero-order valence-electron chi connectivity index (χ0n) is 17.6. The second-order valence-corrected chi connectivity index (χ2v) is 7.51. The van der Waals surface area contributed by atoms with E-state index in [1.165, 1.54) is 25.3 Å². The highest BCUT2D eigenvalue weighted by Gasteiger charge is 2.15. The number of carbonyl (C=O) groups is 1. The lowest BCUT2D eigenvalue weighted by molar-refractivity contribution is -0.384. The topological polar surface area (TPSA) is 128 Å². The average Bonchev–Trinajstić information content (AvgIpc) is 3.28. The summed E-state index contributed by atoms with van der Waals surface area (Å²) in [5.41, 5.74) is 1.10. The van der Waals surface area contributed by atoms with Gasteiger partial charge in [0.25, 0.3) is 11.6 Å². The van der Waals surface area contributed by atoms with Crippen LogP contribution in [0.15, 0.2) is 63.0 Å².